The molecule has 0 fully saturated rings. The molecule has 0 radical (unpaired) electrons. The van der Waals surface area contributed by atoms with Crippen LogP contribution in [0.3, 0.4) is 0 Å². The van der Waals surface area contributed by atoms with Gasteiger partial charge >= 0.3 is 24.1 Å². The standard InChI is InChI=1S/C40H42N4O11/c41-25-11-10-18-35(43(39(48)53-27-30-14-6-2-7-15-30)40(49)54-28-31-16-8-3-9-17-31)37(46)42-34(23-24-36(45)52-26-29-12-4-1-5-13-29)38(47)55-33-21-19-32(20-22-33)44(50)51/h1-9,12-17,19-22,34-35H,10-11,18,23-28,41H2,(H,42,46)/t34-,35+/m1/s1. The lowest BCUT2D eigenvalue weighted by Crippen LogP contribution is -2.56. The first-order chi connectivity index (χ1) is 26.6. The molecule has 0 aliphatic carbocycles. The molecule has 0 heterocycles. The number of imide groups is 1. The minimum atomic E-state index is -1.56. The molecule has 4 aromatic carbocycles. The molecule has 0 spiro atoms. The van der Waals surface area contributed by atoms with E-state index in [4.69, 9.17) is 24.7 Å². The first-order valence-electron chi connectivity index (χ1n) is 17.5. The summed E-state index contributed by atoms with van der Waals surface area (Å²) in [6, 6.07) is 27.9. The van der Waals surface area contributed by atoms with E-state index in [1.54, 1.807) is 84.9 Å². The van der Waals surface area contributed by atoms with Gasteiger partial charge < -0.3 is 30.0 Å². The van der Waals surface area contributed by atoms with E-state index in [0.717, 1.165) is 17.7 Å². The maximum absolute atomic E-state index is 14.2. The predicted octanol–water partition coefficient (Wildman–Crippen LogP) is 5.98. The van der Waals surface area contributed by atoms with Crippen molar-refractivity contribution in [2.45, 2.75) is 64.0 Å². The normalized spacial score (nSPS) is 11.7. The number of nitrogens with zero attached hydrogens (tertiary/aromatic N) is 2. The minimum absolute atomic E-state index is 0.0295. The third kappa shape index (κ3) is 13.7. The molecule has 2 atom stereocenters. The second-order valence-corrected chi connectivity index (χ2v) is 12.2. The van der Waals surface area contributed by atoms with Crippen LogP contribution in [0.2, 0.25) is 0 Å². The number of carbonyl (C=O) groups is 5. The first-order valence-corrected chi connectivity index (χ1v) is 17.5. The van der Waals surface area contributed by atoms with Gasteiger partial charge in [-0.25, -0.2) is 14.4 Å². The van der Waals surface area contributed by atoms with Gasteiger partial charge in [0.2, 0.25) is 5.91 Å². The van der Waals surface area contributed by atoms with Crippen molar-refractivity contribution in [3.05, 3.63) is 142 Å². The maximum Gasteiger partial charge on any atom is 0.420 e. The van der Waals surface area contributed by atoms with Crippen molar-refractivity contribution in [3.63, 3.8) is 0 Å². The second kappa shape index (κ2) is 21.8. The Morgan fingerprint density at radius 2 is 1.16 bits per heavy atom. The van der Waals surface area contributed by atoms with E-state index in [0.29, 0.717) is 22.4 Å². The van der Waals surface area contributed by atoms with Gasteiger partial charge in [-0.3, -0.25) is 19.7 Å². The molecule has 15 heteroatoms. The smallest absolute Gasteiger partial charge is 0.420 e. The number of unbranched alkanes of at least 4 members (excludes halogenated alkanes) is 1. The summed E-state index contributed by atoms with van der Waals surface area (Å²) in [5.41, 5.74) is 7.44. The van der Waals surface area contributed by atoms with Crippen LogP contribution in [-0.4, -0.2) is 58.5 Å². The van der Waals surface area contributed by atoms with Crippen LogP contribution in [0.15, 0.2) is 115 Å². The second-order valence-electron chi connectivity index (χ2n) is 12.2. The molecule has 0 unspecified atom stereocenters. The number of non-ortho nitro benzene ring substituents is 1. The molecule has 4 rings (SSSR count). The Balaban J connectivity index is 1.58. The number of hydrogen-bond acceptors (Lipinski definition) is 12. The highest BCUT2D eigenvalue weighted by atomic mass is 16.6. The summed E-state index contributed by atoms with van der Waals surface area (Å²) in [6.45, 7) is -0.234. The van der Waals surface area contributed by atoms with Gasteiger partial charge in [-0.05, 0) is 61.1 Å². The molecule has 0 saturated carbocycles. The van der Waals surface area contributed by atoms with Crippen molar-refractivity contribution >= 4 is 35.7 Å². The fourth-order valence-electron chi connectivity index (χ4n) is 5.18. The molecule has 0 bridgehead atoms. The number of rotatable bonds is 19. The highest BCUT2D eigenvalue weighted by molar-refractivity contribution is 5.97. The Morgan fingerprint density at radius 3 is 1.64 bits per heavy atom. The summed E-state index contributed by atoms with van der Waals surface area (Å²) < 4.78 is 21.8. The zero-order valence-corrected chi connectivity index (χ0v) is 30.0. The molecule has 0 saturated heterocycles. The Labute approximate surface area is 317 Å². The van der Waals surface area contributed by atoms with Gasteiger partial charge in [0.1, 0.15) is 37.7 Å². The van der Waals surface area contributed by atoms with E-state index in [9.17, 15) is 34.1 Å². The molecule has 0 aromatic heterocycles. The Kier molecular flexibility index (Phi) is 16.3. The number of nitro benzene ring substituents is 1. The Bertz CT molecular complexity index is 1810. The molecular weight excluding hydrogens is 712 g/mol. The van der Waals surface area contributed by atoms with Gasteiger partial charge in [-0.15, -0.1) is 0 Å². The number of esters is 2. The van der Waals surface area contributed by atoms with E-state index in [-0.39, 0.29) is 63.5 Å². The lowest BCUT2D eigenvalue weighted by atomic mass is 10.1. The molecule has 3 amide bonds. The number of nitro groups is 1. The third-order valence-corrected chi connectivity index (χ3v) is 8.10. The molecule has 55 heavy (non-hydrogen) atoms. The Hall–Kier alpha value is -6.61. The summed E-state index contributed by atoms with van der Waals surface area (Å²) in [7, 11) is 0. The first kappa shape index (κ1) is 41.2. The monoisotopic (exact) mass is 754 g/mol. The van der Waals surface area contributed by atoms with E-state index in [2.05, 4.69) is 5.32 Å². The van der Waals surface area contributed by atoms with Crippen LogP contribution in [0.25, 0.3) is 0 Å². The van der Waals surface area contributed by atoms with Crippen molar-refractivity contribution in [1.29, 1.82) is 0 Å². The van der Waals surface area contributed by atoms with Crippen molar-refractivity contribution in [3.8, 4) is 5.75 Å². The molecular formula is C40H42N4O11. The number of ether oxygens (including phenoxy) is 4. The maximum atomic E-state index is 14.2. The van der Waals surface area contributed by atoms with Gasteiger partial charge in [0.25, 0.3) is 5.69 Å². The summed E-state index contributed by atoms with van der Waals surface area (Å²) in [6.07, 6.45) is -2.38. The minimum Gasteiger partial charge on any atom is -0.461 e. The molecule has 15 nitrogen and oxygen atoms in total. The van der Waals surface area contributed by atoms with Crippen molar-refractivity contribution in [2.75, 3.05) is 6.54 Å². The van der Waals surface area contributed by atoms with Crippen molar-refractivity contribution in [1.82, 2.24) is 10.2 Å². The number of nitrogens with one attached hydrogen (secondary N) is 1. The van der Waals surface area contributed by atoms with Gasteiger partial charge in [-0.2, -0.15) is 4.90 Å². The largest absolute Gasteiger partial charge is 0.461 e. The van der Waals surface area contributed by atoms with Crippen LogP contribution in [0.4, 0.5) is 15.3 Å². The van der Waals surface area contributed by atoms with Crippen LogP contribution in [0.1, 0.15) is 48.8 Å². The average Bonchev–Trinajstić information content (AvgIpc) is 3.20. The molecule has 4 aromatic rings. The lowest BCUT2D eigenvalue weighted by molar-refractivity contribution is -0.384. The van der Waals surface area contributed by atoms with Crippen LogP contribution < -0.4 is 15.8 Å². The van der Waals surface area contributed by atoms with E-state index < -0.39 is 47.0 Å². The number of hydrogen-bond donors (Lipinski definition) is 2. The average molecular weight is 755 g/mol. The van der Waals surface area contributed by atoms with Gasteiger partial charge in [-0.1, -0.05) is 91.0 Å². The summed E-state index contributed by atoms with van der Waals surface area (Å²) in [5, 5.41) is 13.7. The van der Waals surface area contributed by atoms with Gasteiger partial charge in [0, 0.05) is 18.6 Å². The zero-order valence-electron chi connectivity index (χ0n) is 30.0. The van der Waals surface area contributed by atoms with Crippen LogP contribution in [0.5, 0.6) is 5.75 Å². The summed E-state index contributed by atoms with van der Waals surface area (Å²) in [5.74, 6) is -2.73. The van der Waals surface area contributed by atoms with Crippen LogP contribution >= 0.6 is 0 Å². The van der Waals surface area contributed by atoms with Crippen LogP contribution in [-0.2, 0) is 48.4 Å². The van der Waals surface area contributed by atoms with E-state index in [1.165, 1.54) is 12.1 Å². The lowest BCUT2D eigenvalue weighted by Gasteiger charge is -2.29. The topological polar surface area (TPSA) is 207 Å². The van der Waals surface area contributed by atoms with Gasteiger partial charge in [0.05, 0.1) is 4.92 Å². The molecule has 0 aliphatic rings. The summed E-state index contributed by atoms with van der Waals surface area (Å²) >= 11 is 0. The highest BCUT2D eigenvalue weighted by Crippen LogP contribution is 2.20. The van der Waals surface area contributed by atoms with E-state index >= 15 is 0 Å². The molecule has 288 valence electrons. The fourth-order valence-corrected chi connectivity index (χ4v) is 5.18. The third-order valence-electron chi connectivity index (χ3n) is 8.10. The van der Waals surface area contributed by atoms with E-state index in [1.807, 2.05) is 6.07 Å². The number of nitrogens with two attached hydrogens (primary N) is 1. The van der Waals surface area contributed by atoms with Gasteiger partial charge in [0.15, 0.2) is 0 Å². The summed E-state index contributed by atoms with van der Waals surface area (Å²) in [4.78, 5) is 78.9. The highest BCUT2D eigenvalue weighted by Gasteiger charge is 2.39. The quantitative estimate of drug-likeness (QED) is 0.0283. The Morgan fingerprint density at radius 1 is 0.673 bits per heavy atom. The van der Waals surface area contributed by atoms with Crippen molar-refractivity contribution in [2.24, 2.45) is 5.73 Å². The fraction of sp³-hybridized carbons (Fsp3) is 0.275. The number of amides is 3. The van der Waals surface area contributed by atoms with Crippen molar-refractivity contribution < 1.29 is 47.8 Å². The van der Waals surface area contributed by atoms with Crippen LogP contribution in [0, 0.1) is 10.1 Å². The molecule has 3 N–H and O–H groups in total. The SMILES string of the molecule is NCCCC[C@@H](C(=O)N[C@H](CCC(=O)OCc1ccccc1)C(=O)Oc1ccc([N+](=O)[O-])cc1)N(C(=O)OCc1ccccc1)C(=O)OCc1ccccc1. The molecule has 0 aliphatic heterocycles. The number of benzene rings is 4. The number of carbonyl (C=O) groups excluding carboxylic acids is 5. The predicted molar refractivity (Wildman–Crippen MR) is 198 cm³/mol. The zero-order chi connectivity index (χ0) is 39.4.